The third-order valence-corrected chi connectivity index (χ3v) is 1.92. The van der Waals surface area contributed by atoms with Crippen LogP contribution in [0.4, 0.5) is 0 Å². The van der Waals surface area contributed by atoms with Crippen molar-refractivity contribution in [2.45, 2.75) is 26.8 Å². The van der Waals surface area contributed by atoms with E-state index in [0.717, 1.165) is 19.6 Å². The van der Waals surface area contributed by atoms with Gasteiger partial charge in [-0.1, -0.05) is 6.92 Å². The molecule has 0 saturated carbocycles. The standard InChI is InChI=1S/C9H21N3O/c1-4-11-5-6-12(8(2)3)7-9(10)13/h8,11H,4-7H2,1-3H3,(H2,10,13). The Labute approximate surface area is 80.5 Å². The Kier molecular flexibility index (Phi) is 6.54. The Morgan fingerprint density at radius 2 is 2.15 bits per heavy atom. The Hall–Kier alpha value is -0.610. The molecule has 0 fully saturated rings. The second-order valence-corrected chi connectivity index (χ2v) is 3.38. The number of hydrogen-bond acceptors (Lipinski definition) is 3. The van der Waals surface area contributed by atoms with Gasteiger partial charge in [0.2, 0.25) is 5.91 Å². The molecule has 4 heteroatoms. The summed E-state index contributed by atoms with van der Waals surface area (Å²) in [6, 6.07) is 0.367. The summed E-state index contributed by atoms with van der Waals surface area (Å²) in [5, 5.41) is 3.21. The summed E-state index contributed by atoms with van der Waals surface area (Å²) >= 11 is 0. The number of likely N-dealkylation sites (N-methyl/N-ethyl adjacent to an activating group) is 1. The van der Waals surface area contributed by atoms with Crippen LogP contribution in [-0.4, -0.2) is 43.0 Å². The molecule has 0 saturated heterocycles. The first-order chi connectivity index (χ1) is 6.07. The van der Waals surface area contributed by atoms with Gasteiger partial charge in [0, 0.05) is 19.1 Å². The van der Waals surface area contributed by atoms with Crippen molar-refractivity contribution in [1.82, 2.24) is 10.2 Å². The lowest BCUT2D eigenvalue weighted by atomic mass is 10.3. The molecule has 0 aromatic rings. The van der Waals surface area contributed by atoms with Crippen molar-refractivity contribution in [3.05, 3.63) is 0 Å². The van der Waals surface area contributed by atoms with E-state index >= 15 is 0 Å². The molecule has 0 heterocycles. The smallest absolute Gasteiger partial charge is 0.231 e. The van der Waals surface area contributed by atoms with Crippen LogP contribution in [0.25, 0.3) is 0 Å². The van der Waals surface area contributed by atoms with Crippen LogP contribution in [0.1, 0.15) is 20.8 Å². The third-order valence-electron chi connectivity index (χ3n) is 1.92. The summed E-state index contributed by atoms with van der Waals surface area (Å²) < 4.78 is 0. The maximum Gasteiger partial charge on any atom is 0.231 e. The highest BCUT2D eigenvalue weighted by atomic mass is 16.1. The molecular formula is C9H21N3O. The molecule has 0 aliphatic carbocycles. The van der Waals surface area contributed by atoms with Gasteiger partial charge in [-0.2, -0.15) is 0 Å². The van der Waals surface area contributed by atoms with Crippen molar-refractivity contribution < 1.29 is 4.79 Å². The quantitative estimate of drug-likeness (QED) is 0.542. The molecule has 13 heavy (non-hydrogen) atoms. The number of nitrogens with one attached hydrogen (secondary N) is 1. The van der Waals surface area contributed by atoms with Gasteiger partial charge in [0.25, 0.3) is 0 Å². The SMILES string of the molecule is CCNCCN(CC(N)=O)C(C)C. The molecule has 0 bridgehead atoms. The van der Waals surface area contributed by atoms with E-state index in [1.54, 1.807) is 0 Å². The van der Waals surface area contributed by atoms with Gasteiger partial charge in [-0.05, 0) is 20.4 Å². The highest BCUT2D eigenvalue weighted by Crippen LogP contribution is 1.95. The molecule has 4 nitrogen and oxygen atoms in total. The zero-order chi connectivity index (χ0) is 10.3. The topological polar surface area (TPSA) is 58.4 Å². The number of nitrogens with zero attached hydrogens (tertiary/aromatic N) is 1. The fourth-order valence-corrected chi connectivity index (χ4v) is 1.12. The predicted molar refractivity (Wildman–Crippen MR) is 54.4 cm³/mol. The molecule has 78 valence electrons. The number of nitrogens with two attached hydrogens (primary N) is 1. The number of rotatable bonds is 7. The van der Waals surface area contributed by atoms with Crippen molar-refractivity contribution in [2.24, 2.45) is 5.73 Å². The number of amides is 1. The molecule has 1 amide bonds. The Bertz CT molecular complexity index is 148. The Balaban J connectivity index is 3.74. The molecule has 0 aromatic carbocycles. The number of hydrogen-bond donors (Lipinski definition) is 2. The van der Waals surface area contributed by atoms with Crippen LogP contribution < -0.4 is 11.1 Å². The fraction of sp³-hybridized carbons (Fsp3) is 0.889. The maximum atomic E-state index is 10.7. The first-order valence-corrected chi connectivity index (χ1v) is 4.81. The van der Waals surface area contributed by atoms with Crippen molar-refractivity contribution in [2.75, 3.05) is 26.2 Å². The van der Waals surface area contributed by atoms with Crippen LogP contribution in [0.5, 0.6) is 0 Å². The zero-order valence-electron chi connectivity index (χ0n) is 8.84. The number of carbonyl (C=O) groups is 1. The first-order valence-electron chi connectivity index (χ1n) is 4.81. The lowest BCUT2D eigenvalue weighted by Crippen LogP contribution is -2.42. The van der Waals surface area contributed by atoms with Crippen LogP contribution in [0.15, 0.2) is 0 Å². The van der Waals surface area contributed by atoms with E-state index in [4.69, 9.17) is 5.73 Å². The fourth-order valence-electron chi connectivity index (χ4n) is 1.12. The van der Waals surface area contributed by atoms with Gasteiger partial charge >= 0.3 is 0 Å². The molecule has 0 aromatic heterocycles. The summed E-state index contributed by atoms with van der Waals surface area (Å²) in [5.74, 6) is -0.259. The maximum absolute atomic E-state index is 10.7. The summed E-state index contributed by atoms with van der Waals surface area (Å²) in [6.07, 6.45) is 0. The van der Waals surface area contributed by atoms with E-state index in [-0.39, 0.29) is 5.91 Å². The second-order valence-electron chi connectivity index (χ2n) is 3.38. The van der Waals surface area contributed by atoms with Gasteiger partial charge in [0.1, 0.15) is 0 Å². The van der Waals surface area contributed by atoms with Gasteiger partial charge in [0.05, 0.1) is 6.54 Å². The van der Waals surface area contributed by atoms with Crippen molar-refractivity contribution in [3.63, 3.8) is 0 Å². The molecule has 0 atom stereocenters. The van der Waals surface area contributed by atoms with Gasteiger partial charge in [-0.3, -0.25) is 9.69 Å². The Morgan fingerprint density at radius 3 is 2.54 bits per heavy atom. The van der Waals surface area contributed by atoms with E-state index < -0.39 is 0 Å². The van der Waals surface area contributed by atoms with Gasteiger partial charge in [0.15, 0.2) is 0 Å². The minimum absolute atomic E-state index is 0.259. The minimum atomic E-state index is -0.259. The van der Waals surface area contributed by atoms with E-state index in [0.29, 0.717) is 12.6 Å². The molecule has 3 N–H and O–H groups in total. The minimum Gasteiger partial charge on any atom is -0.369 e. The number of primary amides is 1. The van der Waals surface area contributed by atoms with Gasteiger partial charge in [-0.15, -0.1) is 0 Å². The van der Waals surface area contributed by atoms with Crippen molar-refractivity contribution in [3.8, 4) is 0 Å². The van der Waals surface area contributed by atoms with E-state index in [1.165, 1.54) is 0 Å². The van der Waals surface area contributed by atoms with Crippen LogP contribution >= 0.6 is 0 Å². The second kappa shape index (κ2) is 6.86. The highest BCUT2D eigenvalue weighted by Gasteiger charge is 2.10. The summed E-state index contributed by atoms with van der Waals surface area (Å²) in [6.45, 7) is 9.28. The highest BCUT2D eigenvalue weighted by molar-refractivity contribution is 5.75. The van der Waals surface area contributed by atoms with E-state index in [9.17, 15) is 4.79 Å². The number of carbonyl (C=O) groups excluding carboxylic acids is 1. The molecule has 0 spiro atoms. The largest absolute Gasteiger partial charge is 0.369 e. The van der Waals surface area contributed by atoms with E-state index in [2.05, 4.69) is 31.0 Å². The van der Waals surface area contributed by atoms with Crippen LogP contribution in [0.3, 0.4) is 0 Å². The molecule has 0 rings (SSSR count). The third kappa shape index (κ3) is 6.54. The van der Waals surface area contributed by atoms with Crippen LogP contribution in [0.2, 0.25) is 0 Å². The summed E-state index contributed by atoms with van der Waals surface area (Å²) in [4.78, 5) is 12.8. The monoisotopic (exact) mass is 187 g/mol. The predicted octanol–water partition coefficient (Wildman–Crippen LogP) is -0.208. The van der Waals surface area contributed by atoms with Crippen LogP contribution in [0, 0.1) is 0 Å². The molecule has 0 aliphatic rings. The van der Waals surface area contributed by atoms with E-state index in [1.807, 2.05) is 0 Å². The molecular weight excluding hydrogens is 166 g/mol. The summed E-state index contributed by atoms with van der Waals surface area (Å²) in [7, 11) is 0. The average Bonchev–Trinajstić information content (AvgIpc) is 2.02. The van der Waals surface area contributed by atoms with Crippen LogP contribution in [-0.2, 0) is 4.79 Å². The lowest BCUT2D eigenvalue weighted by Gasteiger charge is -2.24. The van der Waals surface area contributed by atoms with Gasteiger partial charge in [-0.25, -0.2) is 0 Å². The normalized spacial score (nSPS) is 11.2. The lowest BCUT2D eigenvalue weighted by molar-refractivity contribution is -0.119. The molecule has 0 aliphatic heterocycles. The van der Waals surface area contributed by atoms with Gasteiger partial charge < -0.3 is 11.1 Å². The summed E-state index contributed by atoms with van der Waals surface area (Å²) in [5.41, 5.74) is 5.13. The Morgan fingerprint density at radius 1 is 1.54 bits per heavy atom. The van der Waals surface area contributed by atoms with Crippen molar-refractivity contribution >= 4 is 5.91 Å². The first kappa shape index (κ1) is 12.4. The molecule has 0 radical (unpaired) electrons. The van der Waals surface area contributed by atoms with Crippen molar-refractivity contribution in [1.29, 1.82) is 0 Å². The average molecular weight is 187 g/mol. The molecule has 0 unspecified atom stereocenters. The zero-order valence-corrected chi connectivity index (χ0v) is 8.84.